The van der Waals surface area contributed by atoms with Crippen molar-refractivity contribution in [2.24, 2.45) is 0 Å². The molecule has 4 rings (SSSR count). The summed E-state index contributed by atoms with van der Waals surface area (Å²) in [5, 5.41) is 22.3. The molecule has 0 saturated heterocycles. The van der Waals surface area contributed by atoms with Gasteiger partial charge in [0.1, 0.15) is 36.2 Å². The van der Waals surface area contributed by atoms with Gasteiger partial charge in [0, 0.05) is 43.1 Å². The smallest absolute Gasteiger partial charge is 0.330 e. The van der Waals surface area contributed by atoms with E-state index in [9.17, 15) is 19.8 Å². The molecule has 4 aromatic rings. The van der Waals surface area contributed by atoms with Crippen LogP contribution in [0.4, 0.5) is 0 Å². The average Bonchev–Trinajstić information content (AvgIpc) is 3.19. The van der Waals surface area contributed by atoms with Crippen LogP contribution in [-0.4, -0.2) is 89.0 Å². The van der Waals surface area contributed by atoms with Crippen LogP contribution in [0.5, 0.6) is 23.0 Å². The van der Waals surface area contributed by atoms with Crippen LogP contribution in [-0.2, 0) is 28.5 Å². The lowest BCUT2D eigenvalue weighted by Crippen LogP contribution is -2.29. The lowest BCUT2D eigenvalue weighted by atomic mass is 10.1. The highest BCUT2D eigenvalue weighted by atomic mass is 16.6. The third-order valence-corrected chi connectivity index (χ3v) is 7.75. The number of phenolic OH excluding ortho intramolecular Hbond substituents is 2. The maximum absolute atomic E-state index is 11.9. The summed E-state index contributed by atoms with van der Waals surface area (Å²) in [6.45, 7) is 12.3. The summed E-state index contributed by atoms with van der Waals surface area (Å²) >= 11 is 0. The van der Waals surface area contributed by atoms with Crippen molar-refractivity contribution in [2.45, 2.75) is 51.7 Å². The van der Waals surface area contributed by atoms with Crippen molar-refractivity contribution in [2.75, 3.05) is 39.6 Å². The first-order valence-electron chi connectivity index (χ1n) is 17.8. The molecule has 13 nitrogen and oxygen atoms in total. The fraction of sp³-hybridized carbons (Fsp3) is 0.341. The Hall–Kier alpha value is -5.79. The molecule has 2 unspecified atom stereocenters. The highest BCUT2D eigenvalue weighted by Crippen LogP contribution is 2.35. The molecule has 2 N–H and O–H groups in total. The fourth-order valence-corrected chi connectivity index (χ4v) is 4.87. The zero-order chi connectivity index (χ0) is 38.7. The Bertz CT molecular complexity index is 1730. The van der Waals surface area contributed by atoms with Gasteiger partial charge in [0.25, 0.3) is 0 Å². The maximum atomic E-state index is 11.9. The SMILES string of the molecule is C=CC(=O)OC(COCCCC)COc1ccc(-c2nc(-c3ccccc3)nc(-c3ccc(OCC(COCCCC)OC(=O)C=C)cc3O)n2)c(O)c1. The molecule has 54 heavy (non-hydrogen) atoms. The van der Waals surface area contributed by atoms with E-state index in [4.69, 9.17) is 28.4 Å². The number of unbranched alkanes of at least 4 members (excludes halogenated alkanes) is 2. The number of rotatable bonds is 23. The number of hydrogen-bond acceptors (Lipinski definition) is 13. The van der Waals surface area contributed by atoms with E-state index in [-0.39, 0.29) is 60.7 Å². The summed E-state index contributed by atoms with van der Waals surface area (Å²) in [6.07, 6.45) is 4.42. The predicted octanol–water partition coefficient (Wildman–Crippen LogP) is 6.87. The number of ether oxygens (including phenoxy) is 6. The van der Waals surface area contributed by atoms with E-state index in [1.165, 1.54) is 12.1 Å². The van der Waals surface area contributed by atoms with Gasteiger partial charge in [-0.3, -0.25) is 0 Å². The molecule has 1 heterocycles. The normalized spacial score (nSPS) is 12.0. The van der Waals surface area contributed by atoms with Crippen LogP contribution in [0.1, 0.15) is 39.5 Å². The van der Waals surface area contributed by atoms with Crippen molar-refractivity contribution >= 4 is 11.9 Å². The van der Waals surface area contributed by atoms with Crippen molar-refractivity contribution in [3.63, 3.8) is 0 Å². The summed E-state index contributed by atoms with van der Waals surface area (Å²) in [6, 6.07) is 18.5. The lowest BCUT2D eigenvalue weighted by molar-refractivity contribution is -0.148. The Morgan fingerprint density at radius 3 is 1.50 bits per heavy atom. The molecule has 0 bridgehead atoms. The van der Waals surface area contributed by atoms with Gasteiger partial charge in [-0.15, -0.1) is 0 Å². The van der Waals surface area contributed by atoms with E-state index in [0.717, 1.165) is 37.8 Å². The molecule has 0 radical (unpaired) electrons. The van der Waals surface area contributed by atoms with Gasteiger partial charge in [-0.1, -0.05) is 70.2 Å². The molecule has 0 fully saturated rings. The number of carbonyl (C=O) groups excluding carboxylic acids is 2. The minimum absolute atomic E-state index is 0.0229. The van der Waals surface area contributed by atoms with E-state index >= 15 is 0 Å². The number of benzene rings is 3. The number of phenols is 2. The molecule has 1 aromatic heterocycles. The van der Waals surface area contributed by atoms with Crippen molar-refractivity contribution in [3.8, 4) is 57.2 Å². The van der Waals surface area contributed by atoms with Crippen molar-refractivity contribution in [3.05, 3.63) is 92.0 Å². The molecule has 13 heteroatoms. The number of hydrogen-bond donors (Lipinski definition) is 2. The monoisotopic (exact) mass is 741 g/mol. The van der Waals surface area contributed by atoms with Gasteiger partial charge in [-0.2, -0.15) is 0 Å². The zero-order valence-electron chi connectivity index (χ0n) is 30.6. The Morgan fingerprint density at radius 1 is 0.648 bits per heavy atom. The third kappa shape index (κ3) is 12.7. The van der Waals surface area contributed by atoms with Crippen LogP contribution in [0, 0.1) is 0 Å². The lowest BCUT2D eigenvalue weighted by Gasteiger charge is -2.18. The minimum Gasteiger partial charge on any atom is -0.507 e. The first-order chi connectivity index (χ1) is 26.2. The molecular weight excluding hydrogens is 694 g/mol. The average molecular weight is 742 g/mol. The molecule has 0 saturated carbocycles. The largest absolute Gasteiger partial charge is 0.507 e. The highest BCUT2D eigenvalue weighted by molar-refractivity contribution is 5.81. The second kappa shape index (κ2) is 21.7. The molecule has 286 valence electrons. The van der Waals surface area contributed by atoms with E-state index in [1.54, 1.807) is 24.3 Å². The molecule has 3 aromatic carbocycles. The van der Waals surface area contributed by atoms with Crippen LogP contribution < -0.4 is 9.47 Å². The molecular formula is C41H47N3O10. The van der Waals surface area contributed by atoms with Gasteiger partial charge < -0.3 is 38.6 Å². The van der Waals surface area contributed by atoms with Crippen LogP contribution in [0.2, 0.25) is 0 Å². The number of esters is 2. The summed E-state index contributed by atoms with van der Waals surface area (Å²) < 4.78 is 33.7. The Balaban J connectivity index is 1.57. The topological polar surface area (TPSA) is 169 Å². The summed E-state index contributed by atoms with van der Waals surface area (Å²) in [5.74, 6) is -0.357. The summed E-state index contributed by atoms with van der Waals surface area (Å²) in [7, 11) is 0. The Labute approximate surface area is 315 Å². The number of carbonyl (C=O) groups is 2. The molecule has 2 atom stereocenters. The molecule has 0 aliphatic rings. The number of aromatic hydroxyl groups is 2. The second-order valence-corrected chi connectivity index (χ2v) is 12.0. The van der Waals surface area contributed by atoms with Crippen LogP contribution in [0.15, 0.2) is 92.0 Å². The van der Waals surface area contributed by atoms with Gasteiger partial charge in [0.15, 0.2) is 29.7 Å². The van der Waals surface area contributed by atoms with E-state index < -0.39 is 24.1 Å². The predicted molar refractivity (Wildman–Crippen MR) is 202 cm³/mol. The van der Waals surface area contributed by atoms with Crippen LogP contribution >= 0.6 is 0 Å². The van der Waals surface area contributed by atoms with Crippen LogP contribution in [0.25, 0.3) is 34.2 Å². The number of aromatic nitrogens is 3. The molecule has 0 spiro atoms. The van der Waals surface area contributed by atoms with Gasteiger partial charge in [-0.25, -0.2) is 24.5 Å². The van der Waals surface area contributed by atoms with Gasteiger partial charge >= 0.3 is 11.9 Å². The van der Waals surface area contributed by atoms with Gasteiger partial charge in [-0.05, 0) is 37.1 Å². The summed E-state index contributed by atoms with van der Waals surface area (Å²) in [4.78, 5) is 37.6. The Morgan fingerprint density at radius 2 is 1.09 bits per heavy atom. The van der Waals surface area contributed by atoms with Crippen molar-refractivity contribution in [1.29, 1.82) is 0 Å². The first kappa shape index (κ1) is 41.0. The fourth-order valence-electron chi connectivity index (χ4n) is 4.87. The van der Waals surface area contributed by atoms with Gasteiger partial charge in [0.05, 0.1) is 24.3 Å². The van der Waals surface area contributed by atoms with E-state index in [1.807, 2.05) is 44.2 Å². The van der Waals surface area contributed by atoms with Crippen molar-refractivity contribution < 1.29 is 48.2 Å². The second-order valence-electron chi connectivity index (χ2n) is 12.0. The standard InChI is InChI=1S/C41H47N3O10/c1-5-9-20-49-24-31(53-37(47)7-3)26-51-29-16-18-33(35(45)22-29)40-42-39(28-14-12-11-13-15-28)43-41(44-40)34-19-17-30(23-36(34)46)52-27-32(54-38(48)8-4)25-50-21-10-6-2/h7-8,11-19,22-23,31-32,45-46H,3-6,9-10,20-21,24-27H2,1-2H3. The van der Waals surface area contributed by atoms with Crippen molar-refractivity contribution in [1.82, 2.24) is 15.0 Å². The Kier molecular flexibility index (Phi) is 16.4. The molecule has 0 aliphatic heterocycles. The minimum atomic E-state index is -0.695. The van der Waals surface area contributed by atoms with E-state index in [0.29, 0.717) is 36.1 Å². The third-order valence-electron chi connectivity index (χ3n) is 7.75. The first-order valence-corrected chi connectivity index (χ1v) is 17.8. The quantitative estimate of drug-likeness (QED) is 0.0459. The highest BCUT2D eigenvalue weighted by Gasteiger charge is 2.20. The number of nitrogens with zero attached hydrogens (tertiary/aromatic N) is 3. The van der Waals surface area contributed by atoms with Crippen LogP contribution in [0.3, 0.4) is 0 Å². The van der Waals surface area contributed by atoms with E-state index in [2.05, 4.69) is 28.1 Å². The molecule has 0 aliphatic carbocycles. The zero-order valence-corrected chi connectivity index (χ0v) is 30.6. The molecule has 0 amide bonds. The maximum Gasteiger partial charge on any atom is 0.330 e. The van der Waals surface area contributed by atoms with Gasteiger partial charge in [0.2, 0.25) is 0 Å². The summed E-state index contributed by atoms with van der Waals surface area (Å²) in [5.41, 5.74) is 1.24.